The summed E-state index contributed by atoms with van der Waals surface area (Å²) in [7, 11) is 0. The van der Waals surface area contributed by atoms with Crippen molar-refractivity contribution in [1.82, 2.24) is 0 Å². The minimum Gasteiger partial charge on any atom is -0.486 e. The molecule has 2 aromatic rings. The molecule has 1 heterocycles. The van der Waals surface area contributed by atoms with Gasteiger partial charge in [0.05, 0.1) is 6.54 Å². The molecule has 0 saturated carbocycles. The van der Waals surface area contributed by atoms with Gasteiger partial charge in [0.1, 0.15) is 18.4 Å². The number of nitrogens with zero attached hydrogens (tertiary/aromatic N) is 1. The van der Waals surface area contributed by atoms with E-state index in [1.54, 1.807) is 4.90 Å². The third-order valence-electron chi connectivity index (χ3n) is 5.86. The molecule has 5 heteroatoms. The lowest BCUT2D eigenvalue weighted by molar-refractivity contribution is -0.138. The summed E-state index contributed by atoms with van der Waals surface area (Å²) in [5.41, 5.74) is 3.07. The van der Waals surface area contributed by atoms with Gasteiger partial charge in [-0.3, -0.25) is 4.79 Å². The third-order valence-corrected chi connectivity index (χ3v) is 5.86. The number of ketones is 1. The second-order valence-electron chi connectivity index (χ2n) is 8.30. The molecule has 0 saturated heterocycles. The molecular weight excluding hydrogens is 390 g/mol. The van der Waals surface area contributed by atoms with E-state index >= 15 is 0 Å². The van der Waals surface area contributed by atoms with Crippen LogP contribution in [0, 0.1) is 0 Å². The zero-order chi connectivity index (χ0) is 22.1. The Kier molecular flexibility index (Phi) is 8.51. The van der Waals surface area contributed by atoms with Crippen LogP contribution in [0.2, 0.25) is 0 Å². The highest BCUT2D eigenvalue weighted by Gasteiger charge is 2.35. The van der Waals surface area contributed by atoms with Crippen molar-refractivity contribution < 1.29 is 19.4 Å². The molecule has 166 valence electrons. The minimum absolute atomic E-state index is 0.0318. The van der Waals surface area contributed by atoms with Gasteiger partial charge in [-0.15, -0.1) is 0 Å². The number of aryl methyl sites for hydroxylation is 1. The quantitative estimate of drug-likeness (QED) is 0.457. The van der Waals surface area contributed by atoms with Gasteiger partial charge in [-0.05, 0) is 42.2 Å². The van der Waals surface area contributed by atoms with Gasteiger partial charge >= 0.3 is 5.97 Å². The number of carboxylic acid groups (broad SMARTS) is 1. The molecule has 0 aromatic heterocycles. The number of anilines is 1. The first kappa shape index (κ1) is 22.9. The summed E-state index contributed by atoms with van der Waals surface area (Å²) in [6, 6.07) is 14.8. The van der Waals surface area contributed by atoms with Gasteiger partial charge in [0.15, 0.2) is 5.78 Å². The maximum absolute atomic E-state index is 12.5. The van der Waals surface area contributed by atoms with Crippen LogP contribution >= 0.6 is 0 Å². The second-order valence-corrected chi connectivity index (χ2v) is 8.30. The van der Waals surface area contributed by atoms with E-state index < -0.39 is 12.0 Å². The van der Waals surface area contributed by atoms with Crippen LogP contribution in [0.3, 0.4) is 0 Å². The summed E-state index contributed by atoms with van der Waals surface area (Å²) in [5, 5.41) is 9.53. The first-order valence-corrected chi connectivity index (χ1v) is 11.4. The molecule has 5 nitrogen and oxygen atoms in total. The number of benzene rings is 2. The maximum atomic E-state index is 12.5. The summed E-state index contributed by atoms with van der Waals surface area (Å²) in [6.45, 7) is 2.20. The summed E-state index contributed by atoms with van der Waals surface area (Å²) in [4.78, 5) is 25.8. The van der Waals surface area contributed by atoms with E-state index in [4.69, 9.17) is 4.74 Å². The monoisotopic (exact) mass is 423 g/mol. The summed E-state index contributed by atoms with van der Waals surface area (Å²) >= 11 is 0. The molecule has 1 aliphatic rings. The highest BCUT2D eigenvalue weighted by Crippen LogP contribution is 2.31. The molecule has 31 heavy (non-hydrogen) atoms. The van der Waals surface area contributed by atoms with E-state index in [9.17, 15) is 14.7 Å². The molecule has 1 N–H and O–H groups in total. The van der Waals surface area contributed by atoms with Crippen molar-refractivity contribution in [2.45, 2.75) is 64.3 Å². The molecule has 0 spiro atoms. The lowest BCUT2D eigenvalue weighted by atomic mass is 10.0. The maximum Gasteiger partial charge on any atom is 0.326 e. The molecule has 0 amide bonds. The molecule has 0 aliphatic carbocycles. The average Bonchev–Trinajstić information content (AvgIpc) is 3.14. The topological polar surface area (TPSA) is 66.8 Å². The van der Waals surface area contributed by atoms with E-state index in [0.29, 0.717) is 12.2 Å². The van der Waals surface area contributed by atoms with E-state index in [-0.39, 0.29) is 18.9 Å². The van der Waals surface area contributed by atoms with Crippen molar-refractivity contribution in [2.24, 2.45) is 0 Å². The Labute approximate surface area is 185 Å². The van der Waals surface area contributed by atoms with Crippen LogP contribution in [0.15, 0.2) is 48.5 Å². The molecule has 3 rings (SSSR count). The Morgan fingerprint density at radius 3 is 2.45 bits per heavy atom. The Bertz CT molecular complexity index is 862. The number of hydrogen-bond acceptors (Lipinski definition) is 4. The second kappa shape index (κ2) is 11.5. The molecule has 1 atom stereocenters. The lowest BCUT2D eigenvalue weighted by Crippen LogP contribution is -2.42. The van der Waals surface area contributed by atoms with Crippen molar-refractivity contribution in [3.05, 3.63) is 59.7 Å². The molecule has 1 unspecified atom stereocenters. The zero-order valence-corrected chi connectivity index (χ0v) is 18.4. The Morgan fingerprint density at radius 2 is 1.71 bits per heavy atom. The molecule has 0 bridgehead atoms. The number of rotatable bonds is 13. The van der Waals surface area contributed by atoms with Gasteiger partial charge in [0.2, 0.25) is 0 Å². The van der Waals surface area contributed by atoms with Crippen LogP contribution < -0.4 is 9.64 Å². The number of hydrogen-bond donors (Lipinski definition) is 1. The van der Waals surface area contributed by atoms with Gasteiger partial charge in [-0.1, -0.05) is 69.4 Å². The van der Waals surface area contributed by atoms with Crippen molar-refractivity contribution in [1.29, 1.82) is 0 Å². The molecule has 1 aliphatic heterocycles. The van der Waals surface area contributed by atoms with E-state index in [0.717, 1.165) is 17.7 Å². The van der Waals surface area contributed by atoms with E-state index in [2.05, 4.69) is 19.1 Å². The van der Waals surface area contributed by atoms with Crippen molar-refractivity contribution in [3.63, 3.8) is 0 Å². The number of fused-ring (bicyclic) bond motifs is 1. The van der Waals surface area contributed by atoms with E-state index in [1.165, 1.54) is 44.1 Å². The summed E-state index contributed by atoms with van der Waals surface area (Å²) in [5.74, 6) is -0.387. The number of para-hydroxylation sites is 1. The minimum atomic E-state index is -0.911. The fourth-order valence-corrected chi connectivity index (χ4v) is 4.13. The van der Waals surface area contributed by atoms with Gasteiger partial charge in [-0.25, -0.2) is 4.79 Å². The van der Waals surface area contributed by atoms with Crippen LogP contribution in [-0.4, -0.2) is 36.1 Å². The van der Waals surface area contributed by atoms with Crippen LogP contribution in [0.1, 0.15) is 56.6 Å². The van der Waals surface area contributed by atoms with Crippen molar-refractivity contribution in [2.75, 3.05) is 18.1 Å². The predicted octanol–water partition coefficient (Wildman–Crippen LogP) is 5.05. The van der Waals surface area contributed by atoms with Crippen LogP contribution in [-0.2, 0) is 22.4 Å². The number of carbonyl (C=O) groups excluding carboxylic acids is 1. The number of unbranched alkanes of at least 4 members (excludes halogenated alkanes) is 5. The fraction of sp³-hybridized carbons (Fsp3) is 0.462. The van der Waals surface area contributed by atoms with E-state index in [1.807, 2.05) is 36.4 Å². The standard InChI is InChI=1S/C26H33NO4/c1-2-3-4-5-6-7-10-20-13-15-23(16-14-20)31-19-22(28)18-27-24-12-9-8-11-21(24)17-25(27)26(29)30/h8-9,11-16,25H,2-7,10,17-19H2,1H3,(H,29,30). The van der Waals surface area contributed by atoms with Crippen molar-refractivity contribution in [3.8, 4) is 5.75 Å². The number of carboxylic acids is 1. The first-order valence-electron chi connectivity index (χ1n) is 11.4. The SMILES string of the molecule is CCCCCCCCc1ccc(OCC(=O)CN2c3ccccc3CC2C(=O)O)cc1. The van der Waals surface area contributed by atoms with Crippen LogP contribution in [0.4, 0.5) is 5.69 Å². The average molecular weight is 424 g/mol. The summed E-state index contributed by atoms with van der Waals surface area (Å²) < 4.78 is 5.66. The number of carbonyl (C=O) groups is 2. The van der Waals surface area contributed by atoms with Crippen LogP contribution in [0.25, 0.3) is 0 Å². The third kappa shape index (κ3) is 6.58. The fourth-order valence-electron chi connectivity index (χ4n) is 4.13. The number of Topliss-reactive ketones (excluding diaryl/α,β-unsaturated/α-hetero) is 1. The first-order chi connectivity index (χ1) is 15.1. The highest BCUT2D eigenvalue weighted by atomic mass is 16.5. The largest absolute Gasteiger partial charge is 0.486 e. The van der Waals surface area contributed by atoms with Gasteiger partial charge in [-0.2, -0.15) is 0 Å². The Morgan fingerprint density at radius 1 is 1.00 bits per heavy atom. The molecule has 2 aromatic carbocycles. The normalized spacial score (nSPS) is 15.0. The number of ether oxygens (including phenoxy) is 1. The van der Waals surface area contributed by atoms with Gasteiger partial charge < -0.3 is 14.7 Å². The molecule has 0 radical (unpaired) electrons. The van der Waals surface area contributed by atoms with Crippen molar-refractivity contribution >= 4 is 17.4 Å². The summed E-state index contributed by atoms with van der Waals surface area (Å²) in [6.07, 6.45) is 9.18. The highest BCUT2D eigenvalue weighted by molar-refractivity contribution is 5.90. The predicted molar refractivity (Wildman–Crippen MR) is 123 cm³/mol. The molecular formula is C26H33NO4. The van der Waals surface area contributed by atoms with Crippen LogP contribution in [0.5, 0.6) is 5.75 Å². The smallest absolute Gasteiger partial charge is 0.326 e. The van der Waals surface area contributed by atoms with Gasteiger partial charge in [0.25, 0.3) is 0 Å². The van der Waals surface area contributed by atoms with Gasteiger partial charge in [0, 0.05) is 12.1 Å². The lowest BCUT2D eigenvalue weighted by Gasteiger charge is -2.23. The zero-order valence-electron chi connectivity index (χ0n) is 18.4. The Hall–Kier alpha value is -2.82. The molecule has 0 fully saturated rings. The number of aliphatic carboxylic acids is 1. The Balaban J connectivity index is 1.44.